The van der Waals surface area contributed by atoms with Gasteiger partial charge in [-0.25, -0.2) is 0 Å². The largest absolute Gasteiger partial charge is 0.481 e. The van der Waals surface area contributed by atoms with E-state index >= 15 is 0 Å². The summed E-state index contributed by atoms with van der Waals surface area (Å²) in [5.74, 6) is -0.257. The summed E-state index contributed by atoms with van der Waals surface area (Å²) in [5.41, 5.74) is 0. The lowest BCUT2D eigenvalue weighted by molar-refractivity contribution is -0.142. The van der Waals surface area contributed by atoms with Crippen molar-refractivity contribution in [1.82, 2.24) is 0 Å². The third kappa shape index (κ3) is 2.91. The first-order valence-electron chi connectivity index (χ1n) is 4.44. The highest BCUT2D eigenvalue weighted by atomic mass is 16.4. The SMILES string of the molecule is CC.CC1CCCC1C(=O)O. The molecular weight excluding hydrogens is 140 g/mol. The van der Waals surface area contributed by atoms with Crippen molar-refractivity contribution in [2.24, 2.45) is 11.8 Å². The van der Waals surface area contributed by atoms with E-state index in [9.17, 15) is 4.79 Å². The lowest BCUT2D eigenvalue weighted by Crippen LogP contribution is -2.15. The Balaban J connectivity index is 0.000000461. The molecule has 0 aliphatic heterocycles. The molecule has 0 heterocycles. The molecule has 11 heavy (non-hydrogen) atoms. The van der Waals surface area contributed by atoms with Crippen molar-refractivity contribution in [2.45, 2.75) is 40.0 Å². The van der Waals surface area contributed by atoms with Crippen LogP contribution in [0.4, 0.5) is 0 Å². The van der Waals surface area contributed by atoms with Crippen LogP contribution in [0.15, 0.2) is 0 Å². The summed E-state index contributed by atoms with van der Waals surface area (Å²) in [7, 11) is 0. The van der Waals surface area contributed by atoms with Gasteiger partial charge in [-0.15, -0.1) is 0 Å². The van der Waals surface area contributed by atoms with E-state index in [1.54, 1.807) is 0 Å². The molecule has 2 atom stereocenters. The zero-order valence-electron chi connectivity index (χ0n) is 7.63. The molecule has 1 N–H and O–H groups in total. The molecule has 0 aromatic heterocycles. The molecule has 0 bridgehead atoms. The van der Waals surface area contributed by atoms with Crippen LogP contribution in [0, 0.1) is 11.8 Å². The molecule has 1 rings (SSSR count). The minimum absolute atomic E-state index is 0.0509. The molecule has 1 saturated carbocycles. The van der Waals surface area contributed by atoms with E-state index in [0.717, 1.165) is 19.3 Å². The Morgan fingerprint density at radius 1 is 1.36 bits per heavy atom. The second-order valence-corrected chi connectivity index (χ2v) is 2.85. The fourth-order valence-electron chi connectivity index (χ4n) is 1.51. The van der Waals surface area contributed by atoms with Gasteiger partial charge in [-0.1, -0.05) is 27.2 Å². The number of hydrogen-bond donors (Lipinski definition) is 1. The zero-order valence-corrected chi connectivity index (χ0v) is 7.63. The standard InChI is InChI=1S/C7H12O2.C2H6/c1-5-3-2-4-6(5)7(8)9;1-2/h5-6H,2-4H2,1H3,(H,8,9);1-2H3. The van der Waals surface area contributed by atoms with Gasteiger partial charge >= 0.3 is 5.97 Å². The van der Waals surface area contributed by atoms with Gasteiger partial charge in [0.05, 0.1) is 5.92 Å². The van der Waals surface area contributed by atoms with Gasteiger partial charge in [-0.3, -0.25) is 4.79 Å². The van der Waals surface area contributed by atoms with E-state index in [0.29, 0.717) is 5.92 Å². The number of carbonyl (C=O) groups is 1. The highest BCUT2D eigenvalue weighted by Crippen LogP contribution is 2.30. The van der Waals surface area contributed by atoms with Crippen molar-refractivity contribution in [3.63, 3.8) is 0 Å². The van der Waals surface area contributed by atoms with Crippen LogP contribution in [0.25, 0.3) is 0 Å². The lowest BCUT2D eigenvalue weighted by Gasteiger charge is -2.07. The summed E-state index contributed by atoms with van der Waals surface area (Å²) in [6.45, 7) is 6.02. The van der Waals surface area contributed by atoms with Crippen LogP contribution in [-0.4, -0.2) is 11.1 Å². The molecule has 66 valence electrons. The number of carboxylic acid groups (broad SMARTS) is 1. The number of rotatable bonds is 1. The first-order chi connectivity index (χ1) is 5.22. The van der Waals surface area contributed by atoms with Crippen molar-refractivity contribution in [3.8, 4) is 0 Å². The highest BCUT2D eigenvalue weighted by Gasteiger charge is 2.28. The van der Waals surface area contributed by atoms with Gasteiger partial charge in [-0.2, -0.15) is 0 Å². The minimum Gasteiger partial charge on any atom is -0.481 e. The Morgan fingerprint density at radius 3 is 2.09 bits per heavy atom. The molecule has 0 saturated heterocycles. The maximum absolute atomic E-state index is 10.4. The van der Waals surface area contributed by atoms with Crippen LogP contribution in [0.3, 0.4) is 0 Å². The smallest absolute Gasteiger partial charge is 0.306 e. The van der Waals surface area contributed by atoms with Gasteiger partial charge in [0.25, 0.3) is 0 Å². The zero-order chi connectivity index (χ0) is 8.85. The summed E-state index contributed by atoms with van der Waals surface area (Å²) in [6.07, 6.45) is 3.08. The van der Waals surface area contributed by atoms with Gasteiger partial charge in [0.1, 0.15) is 0 Å². The predicted molar refractivity (Wildman–Crippen MR) is 45.5 cm³/mol. The summed E-state index contributed by atoms with van der Waals surface area (Å²) < 4.78 is 0. The van der Waals surface area contributed by atoms with Crippen LogP contribution < -0.4 is 0 Å². The number of hydrogen-bond acceptors (Lipinski definition) is 1. The molecule has 1 aliphatic carbocycles. The van der Waals surface area contributed by atoms with Crippen LogP contribution in [0.5, 0.6) is 0 Å². The van der Waals surface area contributed by atoms with Gasteiger partial charge < -0.3 is 5.11 Å². The van der Waals surface area contributed by atoms with Gasteiger partial charge in [0.15, 0.2) is 0 Å². The maximum atomic E-state index is 10.4. The van der Waals surface area contributed by atoms with Crippen LogP contribution >= 0.6 is 0 Å². The summed E-state index contributed by atoms with van der Waals surface area (Å²) in [4.78, 5) is 10.4. The molecule has 1 fully saturated rings. The van der Waals surface area contributed by atoms with E-state index in [2.05, 4.69) is 0 Å². The lowest BCUT2D eigenvalue weighted by atomic mass is 9.99. The van der Waals surface area contributed by atoms with E-state index in [1.807, 2.05) is 20.8 Å². The molecule has 0 radical (unpaired) electrons. The summed E-state index contributed by atoms with van der Waals surface area (Å²) in [5, 5.41) is 8.58. The molecular formula is C9H18O2. The Hall–Kier alpha value is -0.530. The molecule has 2 unspecified atom stereocenters. The predicted octanol–water partition coefficient (Wildman–Crippen LogP) is 2.53. The van der Waals surface area contributed by atoms with Crippen LogP contribution in [0.1, 0.15) is 40.0 Å². The van der Waals surface area contributed by atoms with E-state index in [-0.39, 0.29) is 5.92 Å². The normalized spacial score (nSPS) is 29.0. The first-order valence-corrected chi connectivity index (χ1v) is 4.44. The summed E-state index contributed by atoms with van der Waals surface area (Å²) >= 11 is 0. The summed E-state index contributed by atoms with van der Waals surface area (Å²) in [6, 6.07) is 0. The van der Waals surface area contributed by atoms with Crippen molar-refractivity contribution < 1.29 is 9.90 Å². The Bertz CT molecular complexity index is 121. The monoisotopic (exact) mass is 158 g/mol. The Kier molecular flexibility index (Phi) is 4.92. The number of aliphatic carboxylic acids is 1. The number of carboxylic acids is 1. The molecule has 2 nitrogen and oxygen atoms in total. The molecule has 0 aromatic carbocycles. The van der Waals surface area contributed by atoms with E-state index in [4.69, 9.17) is 5.11 Å². The van der Waals surface area contributed by atoms with Crippen LogP contribution in [0.2, 0.25) is 0 Å². The van der Waals surface area contributed by atoms with Gasteiger partial charge in [0.2, 0.25) is 0 Å². The van der Waals surface area contributed by atoms with Gasteiger partial charge in [0, 0.05) is 0 Å². The second kappa shape index (κ2) is 5.16. The van der Waals surface area contributed by atoms with E-state index in [1.165, 1.54) is 0 Å². The third-order valence-corrected chi connectivity index (χ3v) is 2.18. The Labute approximate surface area is 68.6 Å². The topological polar surface area (TPSA) is 37.3 Å². The van der Waals surface area contributed by atoms with E-state index < -0.39 is 5.97 Å². The maximum Gasteiger partial charge on any atom is 0.306 e. The average Bonchev–Trinajstić information content (AvgIpc) is 2.39. The minimum atomic E-state index is -0.611. The molecule has 2 heteroatoms. The highest BCUT2D eigenvalue weighted by molar-refractivity contribution is 5.70. The molecule has 0 aromatic rings. The van der Waals surface area contributed by atoms with Crippen molar-refractivity contribution in [1.29, 1.82) is 0 Å². The third-order valence-electron chi connectivity index (χ3n) is 2.18. The molecule has 1 aliphatic rings. The first kappa shape index (κ1) is 10.5. The quantitative estimate of drug-likeness (QED) is 0.636. The fourth-order valence-corrected chi connectivity index (χ4v) is 1.51. The van der Waals surface area contributed by atoms with Crippen molar-refractivity contribution in [2.75, 3.05) is 0 Å². The average molecular weight is 158 g/mol. The van der Waals surface area contributed by atoms with Crippen molar-refractivity contribution in [3.05, 3.63) is 0 Å². The van der Waals surface area contributed by atoms with Crippen molar-refractivity contribution >= 4 is 5.97 Å². The Morgan fingerprint density at radius 2 is 1.91 bits per heavy atom. The molecule has 0 amide bonds. The second-order valence-electron chi connectivity index (χ2n) is 2.85. The van der Waals surface area contributed by atoms with Crippen LogP contribution in [-0.2, 0) is 4.79 Å². The molecule has 0 spiro atoms. The fraction of sp³-hybridized carbons (Fsp3) is 0.889. The van der Waals surface area contributed by atoms with Gasteiger partial charge in [-0.05, 0) is 18.8 Å².